The number of allylic oxidation sites excluding steroid dienone is 20. The summed E-state index contributed by atoms with van der Waals surface area (Å²) in [5, 5.41) is 121. The van der Waals surface area contributed by atoms with Gasteiger partial charge in [0.05, 0.1) is 38.6 Å². The van der Waals surface area contributed by atoms with Gasteiger partial charge in [-0.25, -0.2) is 0 Å². The van der Waals surface area contributed by atoms with Crippen LogP contribution in [-0.2, 0) is 33.2 Å². The van der Waals surface area contributed by atoms with Crippen molar-refractivity contribution in [1.82, 2.24) is 5.32 Å². The lowest BCUT2D eigenvalue weighted by Crippen LogP contribution is -2.66. The highest BCUT2D eigenvalue weighted by atomic mass is 16.8. The summed E-state index contributed by atoms with van der Waals surface area (Å²) in [5.41, 5.74) is 0. The molecule has 0 spiro atoms. The molecule has 3 saturated heterocycles. The molecule has 1 amide bonds. The van der Waals surface area contributed by atoms with Crippen LogP contribution < -0.4 is 5.32 Å². The number of hydrogen-bond donors (Lipinski definition) is 12. The van der Waals surface area contributed by atoms with Gasteiger partial charge in [0.1, 0.15) is 73.2 Å². The van der Waals surface area contributed by atoms with Crippen LogP contribution in [-0.4, -0.2) is 193 Å². The lowest BCUT2D eigenvalue weighted by Gasteiger charge is -2.48. The van der Waals surface area contributed by atoms with E-state index in [4.69, 9.17) is 28.4 Å². The minimum atomic E-state index is -1.98. The number of nitrogens with one attached hydrogen (secondary N) is 1. The molecule has 0 bridgehead atoms. The van der Waals surface area contributed by atoms with Crippen LogP contribution in [0.2, 0.25) is 0 Å². The Morgan fingerprint density at radius 1 is 0.349 bits per heavy atom. The monoisotopic (exact) mass is 1500 g/mol. The van der Waals surface area contributed by atoms with Crippen molar-refractivity contribution in [1.29, 1.82) is 0 Å². The molecule has 3 fully saturated rings. The molecule has 610 valence electrons. The van der Waals surface area contributed by atoms with Gasteiger partial charge in [-0.15, -0.1) is 0 Å². The summed E-state index contributed by atoms with van der Waals surface area (Å²) >= 11 is 0. The van der Waals surface area contributed by atoms with E-state index in [-0.39, 0.29) is 18.9 Å². The number of amides is 1. The third kappa shape index (κ3) is 44.9. The van der Waals surface area contributed by atoms with Crippen molar-refractivity contribution in [2.75, 3.05) is 26.4 Å². The number of rotatable bonds is 65. The Bertz CT molecular complexity index is 2390. The Hall–Kier alpha value is -3.81. The quantitative estimate of drug-likeness (QED) is 0.0199. The molecule has 19 heteroatoms. The number of unbranched alkanes of at least 4 members (excludes halogenated alkanes) is 29. The summed E-state index contributed by atoms with van der Waals surface area (Å²) in [6.07, 6.45) is 65.6. The van der Waals surface area contributed by atoms with Gasteiger partial charge >= 0.3 is 0 Å². The predicted octanol–water partition coefficient (Wildman–Crippen LogP) is 14.7. The van der Waals surface area contributed by atoms with Gasteiger partial charge in [0.25, 0.3) is 0 Å². The summed E-state index contributed by atoms with van der Waals surface area (Å²) in [6, 6.07) is -0.906. The normalized spacial score (nSPS) is 26.3. The molecular formula is C87H149NO18. The van der Waals surface area contributed by atoms with Crippen LogP contribution in [0.15, 0.2) is 122 Å². The highest BCUT2D eigenvalue weighted by Gasteiger charge is 2.54. The highest BCUT2D eigenvalue weighted by molar-refractivity contribution is 5.76. The number of aliphatic hydroxyl groups is 11. The first kappa shape index (κ1) is 96.4. The van der Waals surface area contributed by atoms with Crippen molar-refractivity contribution >= 4 is 5.91 Å². The first-order valence-corrected chi connectivity index (χ1v) is 41.8. The predicted molar refractivity (Wildman–Crippen MR) is 424 cm³/mol. The maximum absolute atomic E-state index is 13.5. The van der Waals surface area contributed by atoms with E-state index in [9.17, 15) is 61.0 Å². The van der Waals surface area contributed by atoms with Crippen molar-refractivity contribution in [3.05, 3.63) is 122 Å². The van der Waals surface area contributed by atoms with Crippen molar-refractivity contribution in [2.24, 2.45) is 0 Å². The van der Waals surface area contributed by atoms with E-state index in [1.165, 1.54) is 128 Å². The van der Waals surface area contributed by atoms with Crippen LogP contribution in [0.4, 0.5) is 0 Å². The maximum atomic E-state index is 13.5. The van der Waals surface area contributed by atoms with Crippen LogP contribution in [0.5, 0.6) is 0 Å². The summed E-state index contributed by atoms with van der Waals surface area (Å²) in [4.78, 5) is 13.5. The van der Waals surface area contributed by atoms with Crippen molar-refractivity contribution in [3.8, 4) is 0 Å². The SMILES string of the molecule is CC/C=C\C/C=C\C/C=C\C/C=C\C/C=C\C/C=C\C/C=C\C/C=C\C/C=C\C/C=C\CCCCCCCCC(=O)NC(COC1OC(CO)C(OC2OC(CO)C(OC3OC(CO)C(O)C(O)C3O)C(O)C2O)C(O)C1O)C(O)CCCCCCCCCCCCCCCCCCCCCCCCCC. The third-order valence-corrected chi connectivity index (χ3v) is 20.1. The summed E-state index contributed by atoms with van der Waals surface area (Å²) < 4.78 is 34.5. The van der Waals surface area contributed by atoms with Gasteiger partial charge in [-0.1, -0.05) is 315 Å². The fourth-order valence-corrected chi connectivity index (χ4v) is 13.4. The fraction of sp³-hybridized carbons (Fsp3) is 0.759. The molecule has 17 atom stereocenters. The Morgan fingerprint density at radius 3 is 1.02 bits per heavy atom. The molecule has 0 aromatic rings. The third-order valence-electron chi connectivity index (χ3n) is 20.1. The summed E-state index contributed by atoms with van der Waals surface area (Å²) in [6.45, 7) is 1.70. The fourth-order valence-electron chi connectivity index (χ4n) is 13.4. The van der Waals surface area contributed by atoms with E-state index in [0.29, 0.717) is 12.8 Å². The van der Waals surface area contributed by atoms with Crippen LogP contribution in [0.1, 0.15) is 290 Å². The number of hydrogen-bond acceptors (Lipinski definition) is 18. The maximum Gasteiger partial charge on any atom is 0.220 e. The van der Waals surface area contributed by atoms with Gasteiger partial charge in [-0.05, 0) is 89.9 Å². The molecular weight excluding hydrogens is 1350 g/mol. The summed E-state index contributed by atoms with van der Waals surface area (Å²) in [7, 11) is 0. The molecule has 3 heterocycles. The average Bonchev–Trinajstić information content (AvgIpc) is 0.780. The zero-order valence-corrected chi connectivity index (χ0v) is 65.4. The van der Waals surface area contributed by atoms with Crippen LogP contribution in [0, 0.1) is 0 Å². The zero-order chi connectivity index (χ0) is 76.7. The molecule has 0 aromatic heterocycles. The van der Waals surface area contributed by atoms with Gasteiger partial charge in [0.15, 0.2) is 18.9 Å². The van der Waals surface area contributed by atoms with Crippen molar-refractivity contribution < 1.29 is 89.4 Å². The van der Waals surface area contributed by atoms with Gasteiger partial charge < -0.3 is 89.9 Å². The lowest BCUT2D eigenvalue weighted by atomic mass is 9.96. The molecule has 0 aromatic carbocycles. The van der Waals surface area contributed by atoms with E-state index in [1.54, 1.807) is 0 Å². The number of ether oxygens (including phenoxy) is 6. The molecule has 3 rings (SSSR count). The molecule has 0 radical (unpaired) electrons. The van der Waals surface area contributed by atoms with Gasteiger partial charge in [0.2, 0.25) is 5.91 Å². The van der Waals surface area contributed by atoms with Crippen LogP contribution in [0.3, 0.4) is 0 Å². The molecule has 3 aliphatic rings. The van der Waals surface area contributed by atoms with Crippen molar-refractivity contribution in [3.63, 3.8) is 0 Å². The highest BCUT2D eigenvalue weighted by Crippen LogP contribution is 2.33. The molecule has 106 heavy (non-hydrogen) atoms. The van der Waals surface area contributed by atoms with E-state index in [2.05, 4.69) is 141 Å². The number of carbonyl (C=O) groups is 1. The second-order valence-corrected chi connectivity index (χ2v) is 29.2. The molecule has 0 aliphatic carbocycles. The average molecular weight is 1500 g/mol. The molecule has 19 nitrogen and oxygen atoms in total. The minimum absolute atomic E-state index is 0.242. The van der Waals surface area contributed by atoms with Gasteiger partial charge in [0, 0.05) is 6.42 Å². The lowest BCUT2D eigenvalue weighted by molar-refractivity contribution is -0.379. The smallest absolute Gasteiger partial charge is 0.220 e. The van der Waals surface area contributed by atoms with E-state index >= 15 is 0 Å². The summed E-state index contributed by atoms with van der Waals surface area (Å²) in [5.74, 6) is -0.259. The molecule has 3 aliphatic heterocycles. The zero-order valence-electron chi connectivity index (χ0n) is 65.4. The first-order chi connectivity index (χ1) is 51.8. The van der Waals surface area contributed by atoms with E-state index in [0.717, 1.165) is 128 Å². The number of carbonyl (C=O) groups excluding carboxylic acids is 1. The first-order valence-electron chi connectivity index (χ1n) is 41.8. The van der Waals surface area contributed by atoms with Gasteiger partial charge in [-0.3, -0.25) is 4.79 Å². The molecule has 0 saturated carbocycles. The number of aliphatic hydroxyl groups excluding tert-OH is 11. The molecule has 12 N–H and O–H groups in total. The van der Waals surface area contributed by atoms with Crippen LogP contribution >= 0.6 is 0 Å². The second-order valence-electron chi connectivity index (χ2n) is 29.2. The standard InChI is InChI=1S/C87H149NO18/c1-3-5-7-9-11-13-15-17-19-21-23-25-27-29-30-31-32-33-34-35-36-37-38-39-40-41-43-45-47-49-51-53-55-57-59-61-63-65-75(93)88-70(71(92)64-62-60-58-56-54-52-50-48-46-44-42-28-26-24-22-20-18-16-14-12-10-8-6-4-2)69-101-85-81(99)78(96)83(73(67-90)103-85)106-87-82(100)79(97)84(74(68-91)104-87)105-86-80(98)77(95)76(94)72(66-89)102-86/h5,7,11,13,17,19,23,25,29-30,32-33,35-36,38-39,41,43,47,49,70-74,76-87,89-92,94-100H,3-4,6,8-10,12,14-16,18,20-22,24,26-28,31,34,37,40,42,44-46,48,50-69H2,1-2H3,(H,88,93)/b7-5-,13-11-,19-17-,25-23-,30-29-,33-32-,36-35-,39-38-,43-41-,49-47-. The largest absolute Gasteiger partial charge is 0.394 e. The molecule has 17 unspecified atom stereocenters. The Labute approximate surface area is 639 Å². The Morgan fingerprint density at radius 2 is 0.651 bits per heavy atom. The van der Waals surface area contributed by atoms with Gasteiger partial charge in [-0.2, -0.15) is 0 Å². The topological polar surface area (TPSA) is 307 Å². The van der Waals surface area contributed by atoms with Crippen LogP contribution in [0.25, 0.3) is 0 Å². The second kappa shape index (κ2) is 65.9. The Kier molecular flexibility index (Phi) is 59.9. The van der Waals surface area contributed by atoms with E-state index < -0.39 is 124 Å². The minimum Gasteiger partial charge on any atom is -0.394 e. The Balaban J connectivity index is 1.36. The van der Waals surface area contributed by atoms with E-state index in [1.807, 2.05) is 0 Å². The van der Waals surface area contributed by atoms with Crippen molar-refractivity contribution in [2.45, 2.75) is 394 Å².